The highest BCUT2D eigenvalue weighted by Gasteiger charge is 2.16. The second kappa shape index (κ2) is 17.1. The van der Waals surface area contributed by atoms with E-state index in [9.17, 15) is 20.1 Å². The van der Waals surface area contributed by atoms with Crippen LogP contribution in [0.1, 0.15) is 30.5 Å². The first-order valence-electron chi connectivity index (χ1n) is 12.8. The molecule has 9 nitrogen and oxygen atoms in total. The molecule has 0 aliphatic rings. The molecular weight excluding hydrogens is 484 g/mol. The number of phenolic OH excluding ortho intramolecular Hbond substituents is 1. The van der Waals surface area contributed by atoms with Crippen LogP contribution in [0.3, 0.4) is 0 Å². The number of aromatic hydroxyl groups is 1. The van der Waals surface area contributed by atoms with Gasteiger partial charge in [-0.2, -0.15) is 0 Å². The van der Waals surface area contributed by atoms with Gasteiger partial charge in [0.2, 0.25) is 5.91 Å². The maximum Gasteiger partial charge on any atom is 0.239 e. The summed E-state index contributed by atoms with van der Waals surface area (Å²) in [6.07, 6.45) is 0.573. The lowest BCUT2D eigenvalue weighted by molar-refractivity contribution is -0.121. The normalized spacial score (nSPS) is 11.1. The Morgan fingerprint density at radius 3 is 2.21 bits per heavy atom. The van der Waals surface area contributed by atoms with E-state index < -0.39 is 0 Å². The van der Waals surface area contributed by atoms with E-state index in [-0.39, 0.29) is 50.5 Å². The van der Waals surface area contributed by atoms with Crippen LogP contribution in [0.2, 0.25) is 0 Å². The third kappa shape index (κ3) is 11.2. The van der Waals surface area contributed by atoms with Gasteiger partial charge in [0.25, 0.3) is 0 Å². The van der Waals surface area contributed by atoms with E-state index in [0.717, 1.165) is 22.4 Å². The number of aliphatic hydroxyl groups is 2. The minimum Gasteiger partial charge on any atom is -0.508 e. The summed E-state index contributed by atoms with van der Waals surface area (Å²) >= 11 is 0. The molecule has 38 heavy (non-hydrogen) atoms. The molecule has 2 aromatic carbocycles. The van der Waals surface area contributed by atoms with Crippen molar-refractivity contribution in [2.75, 3.05) is 39.4 Å². The molecule has 0 spiro atoms. The van der Waals surface area contributed by atoms with Crippen LogP contribution >= 0.6 is 0 Å². The number of ether oxygens (including phenoxy) is 1. The van der Waals surface area contributed by atoms with Crippen molar-refractivity contribution in [2.45, 2.75) is 40.2 Å². The van der Waals surface area contributed by atoms with Crippen LogP contribution in [0, 0.1) is 13.8 Å². The van der Waals surface area contributed by atoms with E-state index in [1.807, 2.05) is 39.8 Å². The fourth-order valence-electron chi connectivity index (χ4n) is 3.72. The van der Waals surface area contributed by atoms with Crippen molar-refractivity contribution in [3.8, 4) is 17.2 Å². The molecule has 0 fully saturated rings. The van der Waals surface area contributed by atoms with Gasteiger partial charge in [-0.3, -0.25) is 4.79 Å². The number of benzene rings is 2. The number of hydrogen-bond acceptors (Lipinski definition) is 8. The maximum atomic E-state index is 12.1. The molecule has 0 aromatic heterocycles. The summed E-state index contributed by atoms with van der Waals surface area (Å²) in [6, 6.07) is 10.4. The number of nitrogens with zero attached hydrogens (tertiary/aromatic N) is 1. The standard InChI is InChI=1S/C27H38N4O5.C2H6/c1-18-11-22(12-19(2)27(18)36-25-7-5-24(34)6-8-25)13-23(17-33)29-15-21(4)31(9-10-32)16-26(35)30-14-20(3)28;1-2/h5-8,11-12,23,29,32-34H,3-4,9-10,13-17,28H2,1-2H3,(H,30,35);1-2H3/t23-;/m0./s1. The first-order valence-corrected chi connectivity index (χ1v) is 12.8. The van der Waals surface area contributed by atoms with Crippen molar-refractivity contribution >= 4 is 5.91 Å². The monoisotopic (exact) mass is 528 g/mol. The molecular formula is C29H44N4O5. The van der Waals surface area contributed by atoms with Gasteiger partial charge < -0.3 is 41.3 Å². The second-order valence-electron chi connectivity index (χ2n) is 8.77. The molecule has 2 rings (SSSR count). The highest BCUT2D eigenvalue weighted by Crippen LogP contribution is 2.31. The zero-order chi connectivity index (χ0) is 28.7. The molecule has 9 heteroatoms. The summed E-state index contributed by atoms with van der Waals surface area (Å²) in [7, 11) is 0. The van der Waals surface area contributed by atoms with E-state index in [4.69, 9.17) is 10.5 Å². The number of carbonyl (C=O) groups is 1. The minimum absolute atomic E-state index is 0.0268. The lowest BCUT2D eigenvalue weighted by Gasteiger charge is -2.27. The molecule has 0 aliphatic heterocycles. The van der Waals surface area contributed by atoms with Gasteiger partial charge in [-0.25, -0.2) is 0 Å². The highest BCUT2D eigenvalue weighted by atomic mass is 16.5. The maximum absolute atomic E-state index is 12.1. The van der Waals surface area contributed by atoms with Crippen LogP contribution in [-0.4, -0.2) is 71.6 Å². The number of carbonyl (C=O) groups excluding carboxylic acids is 1. The highest BCUT2D eigenvalue weighted by molar-refractivity contribution is 5.78. The van der Waals surface area contributed by atoms with Gasteiger partial charge >= 0.3 is 0 Å². The average Bonchev–Trinajstić information content (AvgIpc) is 2.89. The van der Waals surface area contributed by atoms with E-state index in [2.05, 4.69) is 23.8 Å². The number of nitrogens with one attached hydrogen (secondary N) is 2. The molecule has 0 unspecified atom stereocenters. The van der Waals surface area contributed by atoms with Crippen molar-refractivity contribution < 1.29 is 24.9 Å². The lowest BCUT2D eigenvalue weighted by Crippen LogP contribution is -2.43. The van der Waals surface area contributed by atoms with Gasteiger partial charge in [0.05, 0.1) is 26.3 Å². The van der Waals surface area contributed by atoms with Gasteiger partial charge in [0.1, 0.15) is 17.2 Å². The van der Waals surface area contributed by atoms with Gasteiger partial charge in [0, 0.05) is 30.5 Å². The average molecular weight is 529 g/mol. The summed E-state index contributed by atoms with van der Waals surface area (Å²) < 4.78 is 6.01. The van der Waals surface area contributed by atoms with Crippen LogP contribution in [0.5, 0.6) is 17.2 Å². The van der Waals surface area contributed by atoms with Gasteiger partial charge in [-0.1, -0.05) is 39.1 Å². The Morgan fingerprint density at radius 2 is 1.68 bits per heavy atom. The number of nitrogens with two attached hydrogens (primary N) is 1. The third-order valence-corrected chi connectivity index (χ3v) is 5.54. The summed E-state index contributed by atoms with van der Waals surface area (Å²) in [5.41, 5.74) is 9.41. The molecule has 0 heterocycles. The van der Waals surface area contributed by atoms with E-state index >= 15 is 0 Å². The van der Waals surface area contributed by atoms with Gasteiger partial charge in [-0.15, -0.1) is 0 Å². The van der Waals surface area contributed by atoms with Crippen molar-refractivity contribution in [1.29, 1.82) is 0 Å². The number of aryl methyl sites for hydroxylation is 2. The smallest absolute Gasteiger partial charge is 0.239 e. The molecule has 2 aromatic rings. The first kappa shape index (κ1) is 32.5. The molecule has 0 saturated heterocycles. The van der Waals surface area contributed by atoms with Gasteiger partial charge in [0.15, 0.2) is 0 Å². The Balaban J connectivity index is 0.00000352. The van der Waals surface area contributed by atoms with Crippen LogP contribution < -0.4 is 21.1 Å². The zero-order valence-electron chi connectivity index (χ0n) is 23.1. The number of aliphatic hydroxyl groups excluding tert-OH is 2. The largest absolute Gasteiger partial charge is 0.508 e. The van der Waals surface area contributed by atoms with Crippen molar-refractivity contribution in [2.24, 2.45) is 5.73 Å². The zero-order valence-corrected chi connectivity index (χ0v) is 23.1. The Kier molecular flexibility index (Phi) is 14.6. The predicted octanol–water partition coefficient (Wildman–Crippen LogP) is 2.72. The SMILES string of the molecule is C=C(N)CNC(=O)CN(CCO)C(=C)CN[C@H](CO)Cc1cc(C)c(Oc2ccc(O)cc2)c(C)c1.CC. The molecule has 1 atom stereocenters. The molecule has 210 valence electrons. The predicted molar refractivity (Wildman–Crippen MR) is 152 cm³/mol. The van der Waals surface area contributed by atoms with Crippen LogP contribution in [-0.2, 0) is 11.2 Å². The molecule has 1 amide bonds. The molecule has 7 N–H and O–H groups in total. The van der Waals surface area contributed by atoms with E-state index in [1.54, 1.807) is 29.2 Å². The summed E-state index contributed by atoms with van der Waals surface area (Å²) in [5.74, 6) is 1.31. The molecule has 0 saturated carbocycles. The molecule has 0 radical (unpaired) electrons. The summed E-state index contributed by atoms with van der Waals surface area (Å²) in [6.45, 7) is 16.1. The lowest BCUT2D eigenvalue weighted by atomic mass is 10.00. The first-order chi connectivity index (χ1) is 18.1. The fourth-order valence-corrected chi connectivity index (χ4v) is 3.72. The number of amides is 1. The topological polar surface area (TPSA) is 140 Å². The molecule has 0 aliphatic carbocycles. The number of hydrogen-bond donors (Lipinski definition) is 6. The van der Waals surface area contributed by atoms with Crippen molar-refractivity contribution in [3.05, 3.63) is 77.6 Å². The minimum atomic E-state index is -0.254. The van der Waals surface area contributed by atoms with E-state index in [0.29, 0.717) is 30.1 Å². The number of rotatable bonds is 15. The third-order valence-electron chi connectivity index (χ3n) is 5.54. The Labute approximate surface area is 226 Å². The summed E-state index contributed by atoms with van der Waals surface area (Å²) in [5, 5.41) is 34.7. The van der Waals surface area contributed by atoms with E-state index in [1.165, 1.54) is 0 Å². The molecule has 0 bridgehead atoms. The van der Waals surface area contributed by atoms with Crippen LogP contribution in [0.15, 0.2) is 61.0 Å². The number of phenols is 1. The Morgan fingerprint density at radius 1 is 1.08 bits per heavy atom. The van der Waals surface area contributed by atoms with Crippen molar-refractivity contribution in [1.82, 2.24) is 15.5 Å². The fraction of sp³-hybridized carbons (Fsp3) is 0.414. The van der Waals surface area contributed by atoms with Crippen LogP contribution in [0.4, 0.5) is 0 Å². The second-order valence-corrected chi connectivity index (χ2v) is 8.77. The Bertz CT molecular complexity index is 1020. The van der Waals surface area contributed by atoms with Gasteiger partial charge in [-0.05, 0) is 61.2 Å². The summed E-state index contributed by atoms with van der Waals surface area (Å²) in [4.78, 5) is 13.8. The van der Waals surface area contributed by atoms with Crippen molar-refractivity contribution in [3.63, 3.8) is 0 Å². The Hall–Kier alpha value is -3.53. The quantitative estimate of drug-likeness (QED) is 0.207. The van der Waals surface area contributed by atoms with Crippen LogP contribution in [0.25, 0.3) is 0 Å².